The fourth-order valence-corrected chi connectivity index (χ4v) is 3.44. The second-order valence-electron chi connectivity index (χ2n) is 7.47. The van der Waals surface area contributed by atoms with Gasteiger partial charge in [0.15, 0.2) is 0 Å². The van der Waals surface area contributed by atoms with E-state index in [1.807, 2.05) is 18.5 Å². The molecular weight excluding hydrogens is 356 g/mol. The number of benzene rings is 1. The maximum absolute atomic E-state index is 12.2. The minimum atomic E-state index is -0.364. The van der Waals surface area contributed by atoms with Gasteiger partial charge in [-0.1, -0.05) is 19.9 Å². The van der Waals surface area contributed by atoms with E-state index >= 15 is 0 Å². The molecule has 8 nitrogen and oxygen atoms in total. The van der Waals surface area contributed by atoms with E-state index < -0.39 is 0 Å². The van der Waals surface area contributed by atoms with E-state index in [1.165, 1.54) is 0 Å². The molecular formula is C20H24N6O2. The van der Waals surface area contributed by atoms with Gasteiger partial charge in [0.05, 0.1) is 29.4 Å². The number of imidazole rings is 1. The molecule has 1 aliphatic rings. The number of anilines is 2. The molecule has 146 valence electrons. The van der Waals surface area contributed by atoms with Crippen molar-refractivity contribution >= 4 is 28.9 Å². The molecule has 2 atom stereocenters. The Labute approximate surface area is 163 Å². The van der Waals surface area contributed by atoms with Crippen LogP contribution in [0.15, 0.2) is 36.8 Å². The van der Waals surface area contributed by atoms with Crippen molar-refractivity contribution in [1.29, 1.82) is 0 Å². The van der Waals surface area contributed by atoms with Crippen LogP contribution in [0.25, 0.3) is 11.0 Å². The Morgan fingerprint density at radius 3 is 2.82 bits per heavy atom. The highest BCUT2D eigenvalue weighted by Gasteiger charge is 2.37. The third-order valence-electron chi connectivity index (χ3n) is 5.16. The number of hydrogen-bond donors (Lipinski definition) is 1. The molecule has 1 N–H and O–H groups in total. The predicted octanol–water partition coefficient (Wildman–Crippen LogP) is 3.52. The monoisotopic (exact) mass is 380 g/mol. The molecule has 1 aromatic carbocycles. The number of fused-ring (bicyclic) bond motifs is 1. The fourth-order valence-electron chi connectivity index (χ4n) is 3.44. The van der Waals surface area contributed by atoms with Crippen molar-refractivity contribution < 1.29 is 9.53 Å². The summed E-state index contributed by atoms with van der Waals surface area (Å²) in [6.45, 7) is 6.55. The molecule has 0 saturated carbocycles. The minimum absolute atomic E-state index is 0.0203. The van der Waals surface area contributed by atoms with Gasteiger partial charge in [0.2, 0.25) is 5.95 Å². The summed E-state index contributed by atoms with van der Waals surface area (Å²) in [5, 5.41) is 3.32. The maximum atomic E-state index is 12.2. The molecule has 3 aromatic rings. The van der Waals surface area contributed by atoms with Gasteiger partial charge >= 0.3 is 6.09 Å². The molecule has 0 spiro atoms. The maximum Gasteiger partial charge on any atom is 0.415 e. The number of carbonyl (C=O) groups excluding carboxylic acids is 1. The summed E-state index contributed by atoms with van der Waals surface area (Å²) in [5.41, 5.74) is 3.12. The first-order valence-electron chi connectivity index (χ1n) is 9.40. The number of amides is 1. The van der Waals surface area contributed by atoms with Crippen LogP contribution < -0.4 is 10.2 Å². The summed E-state index contributed by atoms with van der Waals surface area (Å²) >= 11 is 0. The normalized spacial score (nSPS) is 18.0. The summed E-state index contributed by atoms with van der Waals surface area (Å²) < 4.78 is 7.21. The fraction of sp³-hybridized carbons (Fsp3) is 0.400. The van der Waals surface area contributed by atoms with Crippen molar-refractivity contribution in [2.45, 2.75) is 32.9 Å². The van der Waals surface area contributed by atoms with Gasteiger partial charge in [-0.2, -0.15) is 4.98 Å². The van der Waals surface area contributed by atoms with Gasteiger partial charge in [-0.15, -0.1) is 0 Å². The second-order valence-corrected chi connectivity index (χ2v) is 7.47. The van der Waals surface area contributed by atoms with Gasteiger partial charge in [-0.3, -0.25) is 4.90 Å². The molecule has 28 heavy (non-hydrogen) atoms. The standard InChI is InChI=1S/C20H24N6O2/c1-12(2)17-10-28-20(27)26(17)18-7-8-21-19(24-18)23-13(3)14-5-6-16-15(9-14)22-11-25(16)4/h5-9,11-13,17H,10H2,1-4H3,(H,21,23,24)/t13?,17-/m1/s1. The lowest BCUT2D eigenvalue weighted by atomic mass is 10.0. The number of aryl methyl sites for hydroxylation is 1. The first-order chi connectivity index (χ1) is 13.4. The number of nitrogens with one attached hydrogen (secondary N) is 1. The van der Waals surface area contributed by atoms with Crippen molar-refractivity contribution in [3.05, 3.63) is 42.4 Å². The number of rotatable bonds is 5. The van der Waals surface area contributed by atoms with Crippen LogP contribution in [0.3, 0.4) is 0 Å². The highest BCUT2D eigenvalue weighted by Crippen LogP contribution is 2.27. The van der Waals surface area contributed by atoms with Crippen molar-refractivity contribution in [3.63, 3.8) is 0 Å². The molecule has 3 heterocycles. The zero-order valence-corrected chi connectivity index (χ0v) is 16.5. The van der Waals surface area contributed by atoms with E-state index in [-0.39, 0.29) is 24.1 Å². The topological polar surface area (TPSA) is 85.2 Å². The lowest BCUT2D eigenvalue weighted by molar-refractivity contribution is 0.177. The Morgan fingerprint density at radius 1 is 1.21 bits per heavy atom. The summed E-state index contributed by atoms with van der Waals surface area (Å²) in [4.78, 5) is 27.1. The first kappa shape index (κ1) is 18.2. The quantitative estimate of drug-likeness (QED) is 0.729. The van der Waals surface area contributed by atoms with E-state index in [1.54, 1.807) is 23.5 Å². The van der Waals surface area contributed by atoms with Gasteiger partial charge in [-0.25, -0.2) is 14.8 Å². The van der Waals surface area contributed by atoms with Crippen molar-refractivity contribution in [2.24, 2.45) is 13.0 Å². The summed E-state index contributed by atoms with van der Waals surface area (Å²) in [6.07, 6.45) is 3.10. The second kappa shape index (κ2) is 7.10. The van der Waals surface area contributed by atoms with E-state index in [9.17, 15) is 4.79 Å². The molecule has 1 unspecified atom stereocenters. The Hall–Kier alpha value is -3.16. The average molecular weight is 380 g/mol. The van der Waals surface area contributed by atoms with Crippen LogP contribution in [0.2, 0.25) is 0 Å². The van der Waals surface area contributed by atoms with Crippen LogP contribution in [-0.4, -0.2) is 38.3 Å². The highest BCUT2D eigenvalue weighted by molar-refractivity contribution is 5.89. The Kier molecular flexibility index (Phi) is 4.62. The van der Waals surface area contributed by atoms with Crippen molar-refractivity contribution in [1.82, 2.24) is 19.5 Å². The number of nitrogens with zero attached hydrogens (tertiary/aromatic N) is 5. The largest absolute Gasteiger partial charge is 0.447 e. The molecule has 0 aliphatic carbocycles. The van der Waals surface area contributed by atoms with Crippen LogP contribution in [0.4, 0.5) is 16.6 Å². The minimum Gasteiger partial charge on any atom is -0.447 e. The Bertz CT molecular complexity index is 1010. The van der Waals surface area contributed by atoms with Crippen LogP contribution in [0, 0.1) is 5.92 Å². The van der Waals surface area contributed by atoms with Gasteiger partial charge in [0, 0.05) is 13.2 Å². The van der Waals surface area contributed by atoms with Crippen LogP contribution in [-0.2, 0) is 11.8 Å². The lowest BCUT2D eigenvalue weighted by Gasteiger charge is -2.23. The van der Waals surface area contributed by atoms with Crippen LogP contribution >= 0.6 is 0 Å². The van der Waals surface area contributed by atoms with Gasteiger partial charge in [-0.05, 0) is 36.6 Å². The number of hydrogen-bond acceptors (Lipinski definition) is 6. The zero-order chi connectivity index (χ0) is 19.8. The number of carbonyl (C=O) groups is 1. The summed E-state index contributed by atoms with van der Waals surface area (Å²) in [5.74, 6) is 1.28. The summed E-state index contributed by atoms with van der Waals surface area (Å²) in [6, 6.07) is 7.87. The Balaban J connectivity index is 1.56. The van der Waals surface area contributed by atoms with Crippen molar-refractivity contribution in [3.8, 4) is 0 Å². The van der Waals surface area contributed by atoms with Crippen LogP contribution in [0.5, 0.6) is 0 Å². The first-order valence-corrected chi connectivity index (χ1v) is 9.40. The molecule has 1 aliphatic heterocycles. The molecule has 0 radical (unpaired) electrons. The third-order valence-corrected chi connectivity index (χ3v) is 5.16. The zero-order valence-electron chi connectivity index (χ0n) is 16.5. The average Bonchev–Trinajstić information content (AvgIpc) is 3.24. The highest BCUT2D eigenvalue weighted by atomic mass is 16.6. The molecule has 2 aromatic heterocycles. The van der Waals surface area contributed by atoms with Crippen molar-refractivity contribution in [2.75, 3.05) is 16.8 Å². The molecule has 1 saturated heterocycles. The molecule has 1 amide bonds. The smallest absolute Gasteiger partial charge is 0.415 e. The predicted molar refractivity (Wildman–Crippen MR) is 107 cm³/mol. The van der Waals surface area contributed by atoms with Gasteiger partial charge in [0.25, 0.3) is 0 Å². The van der Waals surface area contributed by atoms with Gasteiger partial charge in [0.1, 0.15) is 12.4 Å². The summed E-state index contributed by atoms with van der Waals surface area (Å²) in [7, 11) is 1.98. The van der Waals surface area contributed by atoms with E-state index in [2.05, 4.69) is 52.3 Å². The third kappa shape index (κ3) is 3.26. The van der Waals surface area contributed by atoms with E-state index in [4.69, 9.17) is 4.74 Å². The number of aromatic nitrogens is 4. The lowest BCUT2D eigenvalue weighted by Crippen LogP contribution is -2.37. The van der Waals surface area contributed by atoms with E-state index in [0.717, 1.165) is 16.6 Å². The van der Waals surface area contributed by atoms with Gasteiger partial charge < -0.3 is 14.6 Å². The van der Waals surface area contributed by atoms with E-state index in [0.29, 0.717) is 18.4 Å². The molecule has 1 fully saturated rings. The Morgan fingerprint density at radius 2 is 2.04 bits per heavy atom. The number of ether oxygens (including phenoxy) is 1. The van der Waals surface area contributed by atoms with Crippen LogP contribution in [0.1, 0.15) is 32.4 Å². The SMILES string of the molecule is CC(Nc1nccc(N2C(=O)OC[C@@H]2C(C)C)n1)c1ccc2c(c1)ncn2C. The molecule has 0 bridgehead atoms. The molecule has 4 rings (SSSR count). The molecule has 8 heteroatoms. The number of cyclic esters (lactones) is 1.